The molecule has 1 amide bonds. The maximum absolute atomic E-state index is 13.4. The van der Waals surface area contributed by atoms with E-state index in [-0.39, 0.29) is 17.4 Å². The van der Waals surface area contributed by atoms with Crippen molar-refractivity contribution in [2.75, 3.05) is 7.11 Å². The van der Waals surface area contributed by atoms with Crippen LogP contribution in [0.5, 0.6) is 17.4 Å². The molecule has 200 valence electrons. The van der Waals surface area contributed by atoms with Crippen molar-refractivity contribution in [1.82, 2.24) is 20.1 Å². The highest BCUT2D eigenvalue weighted by Crippen LogP contribution is 2.36. The average molecular weight is 516 g/mol. The van der Waals surface area contributed by atoms with Gasteiger partial charge < -0.3 is 14.8 Å². The Balaban J connectivity index is 0.00000118. The quantitative estimate of drug-likeness (QED) is 0.332. The fraction of sp³-hybridized carbons (Fsp3) is 0.333. The van der Waals surface area contributed by atoms with Gasteiger partial charge in [0, 0.05) is 42.3 Å². The highest BCUT2D eigenvalue weighted by atomic mass is 16.5. The summed E-state index contributed by atoms with van der Waals surface area (Å²) in [6.45, 7) is 11.8. The standard InChI is InChI=1S/C26H27N5O3.C4H10/c1-7-9-19(8-2)29-25(32)24-16(3)20(21-15-31(5)30-17(21)4)14-28-26(24)34-22-11-10-18(13-27)12-23(22)33-6;1-3-4-2/h7-12,14-15H,1-6H3,(H,29,32);3-4H2,1-2H3/b9-7-,19-8+;. The van der Waals surface area contributed by atoms with E-state index in [0.29, 0.717) is 28.3 Å². The highest BCUT2D eigenvalue weighted by Gasteiger charge is 2.24. The van der Waals surface area contributed by atoms with Gasteiger partial charge >= 0.3 is 0 Å². The first-order valence-corrected chi connectivity index (χ1v) is 12.6. The van der Waals surface area contributed by atoms with Crippen LogP contribution in [-0.2, 0) is 7.05 Å². The second kappa shape index (κ2) is 14.4. The molecule has 8 heteroatoms. The van der Waals surface area contributed by atoms with Gasteiger partial charge in [0.05, 0.1) is 24.4 Å². The molecular formula is C30H37N5O3. The first-order chi connectivity index (χ1) is 18.2. The molecule has 0 atom stereocenters. The Hall–Kier alpha value is -4.38. The number of aromatic nitrogens is 3. The van der Waals surface area contributed by atoms with Gasteiger partial charge in [0.15, 0.2) is 11.5 Å². The lowest BCUT2D eigenvalue weighted by Gasteiger charge is -2.17. The zero-order chi connectivity index (χ0) is 28.2. The van der Waals surface area contributed by atoms with Gasteiger partial charge in [-0.2, -0.15) is 10.4 Å². The normalized spacial score (nSPS) is 11.0. The molecule has 0 aliphatic carbocycles. The van der Waals surface area contributed by atoms with Crippen LogP contribution in [-0.4, -0.2) is 27.8 Å². The van der Waals surface area contributed by atoms with Gasteiger partial charge in [-0.1, -0.05) is 38.8 Å². The molecular weight excluding hydrogens is 478 g/mol. The fourth-order valence-electron chi connectivity index (χ4n) is 3.57. The second-order valence-electron chi connectivity index (χ2n) is 8.56. The van der Waals surface area contributed by atoms with Crippen LogP contribution in [0.1, 0.15) is 67.7 Å². The van der Waals surface area contributed by atoms with E-state index in [4.69, 9.17) is 9.47 Å². The Morgan fingerprint density at radius 3 is 2.39 bits per heavy atom. The van der Waals surface area contributed by atoms with Gasteiger partial charge in [0.1, 0.15) is 5.56 Å². The zero-order valence-electron chi connectivity index (χ0n) is 23.5. The molecule has 1 aromatic carbocycles. The van der Waals surface area contributed by atoms with E-state index in [9.17, 15) is 10.1 Å². The van der Waals surface area contributed by atoms with Gasteiger partial charge in [0.25, 0.3) is 5.91 Å². The number of nitrogens with one attached hydrogen (secondary N) is 1. The molecule has 3 rings (SSSR count). The largest absolute Gasteiger partial charge is 0.493 e. The summed E-state index contributed by atoms with van der Waals surface area (Å²) < 4.78 is 13.2. The lowest BCUT2D eigenvalue weighted by Crippen LogP contribution is -2.24. The molecule has 8 nitrogen and oxygen atoms in total. The molecule has 3 aromatic rings. The summed E-state index contributed by atoms with van der Waals surface area (Å²) in [5.41, 5.74) is 4.55. The van der Waals surface area contributed by atoms with Gasteiger partial charge in [-0.05, 0) is 51.5 Å². The van der Waals surface area contributed by atoms with E-state index in [1.54, 1.807) is 41.2 Å². The number of benzene rings is 1. The predicted octanol–water partition coefficient (Wildman–Crippen LogP) is 6.79. The Morgan fingerprint density at radius 1 is 1.16 bits per heavy atom. The molecule has 38 heavy (non-hydrogen) atoms. The van der Waals surface area contributed by atoms with E-state index in [2.05, 4.69) is 35.3 Å². The number of carbonyl (C=O) groups is 1. The van der Waals surface area contributed by atoms with Crippen molar-refractivity contribution >= 4 is 5.91 Å². The molecule has 0 saturated carbocycles. The summed E-state index contributed by atoms with van der Waals surface area (Å²) in [6, 6.07) is 6.87. The van der Waals surface area contributed by atoms with Gasteiger partial charge in [-0.15, -0.1) is 0 Å². The van der Waals surface area contributed by atoms with E-state index in [1.165, 1.54) is 20.0 Å². The molecule has 0 bridgehead atoms. The number of pyridine rings is 1. The highest BCUT2D eigenvalue weighted by molar-refractivity contribution is 6.00. The average Bonchev–Trinajstić information content (AvgIpc) is 3.25. The Labute approximate surface area is 225 Å². The maximum Gasteiger partial charge on any atom is 0.261 e. The molecule has 0 saturated heterocycles. The molecule has 0 fully saturated rings. The van der Waals surface area contributed by atoms with Crippen LogP contribution in [0.3, 0.4) is 0 Å². The first kappa shape index (κ1) is 29.8. The minimum atomic E-state index is -0.359. The second-order valence-corrected chi connectivity index (χ2v) is 8.56. The van der Waals surface area contributed by atoms with Crippen molar-refractivity contribution in [3.05, 3.63) is 76.9 Å². The van der Waals surface area contributed by atoms with Gasteiger partial charge in [-0.25, -0.2) is 4.98 Å². The van der Waals surface area contributed by atoms with Crippen LogP contribution in [0.4, 0.5) is 0 Å². The fourth-order valence-corrected chi connectivity index (χ4v) is 3.57. The molecule has 1 N–H and O–H groups in total. The first-order valence-electron chi connectivity index (χ1n) is 12.6. The number of amides is 1. The van der Waals surface area contributed by atoms with E-state index in [1.807, 2.05) is 47.0 Å². The number of nitriles is 1. The van der Waals surface area contributed by atoms with Crippen LogP contribution >= 0.6 is 0 Å². The minimum Gasteiger partial charge on any atom is -0.493 e. The van der Waals surface area contributed by atoms with Crippen molar-refractivity contribution in [2.24, 2.45) is 7.05 Å². The summed E-state index contributed by atoms with van der Waals surface area (Å²) >= 11 is 0. The number of ether oxygens (including phenoxy) is 2. The topological polar surface area (TPSA) is 102 Å². The lowest BCUT2D eigenvalue weighted by atomic mass is 9.99. The number of methoxy groups -OCH3 is 1. The summed E-state index contributed by atoms with van der Waals surface area (Å²) in [5, 5.41) is 16.5. The number of nitrogens with zero attached hydrogens (tertiary/aromatic N) is 4. The number of rotatable bonds is 8. The molecule has 0 aliphatic rings. The van der Waals surface area contributed by atoms with Crippen molar-refractivity contribution in [3.63, 3.8) is 0 Å². The SMILES string of the molecule is C/C=C\C(=C/C)NC(=O)c1c(Oc2ccc(C#N)cc2OC)ncc(-c2cn(C)nc2C)c1C.CCCC. The number of aryl methyl sites for hydroxylation is 2. The number of carbonyl (C=O) groups excluding carboxylic acids is 1. The number of unbranched alkanes of at least 4 members (excludes halogenated alkanes) is 1. The van der Waals surface area contributed by atoms with Gasteiger partial charge in [-0.3, -0.25) is 9.48 Å². The van der Waals surface area contributed by atoms with E-state index in [0.717, 1.165) is 16.8 Å². The Kier molecular flexibility index (Phi) is 11.3. The summed E-state index contributed by atoms with van der Waals surface area (Å²) in [4.78, 5) is 17.9. The van der Waals surface area contributed by atoms with Crippen LogP contribution in [0.2, 0.25) is 0 Å². The van der Waals surface area contributed by atoms with Crippen LogP contribution in [0.25, 0.3) is 11.1 Å². The molecule has 0 radical (unpaired) electrons. The van der Waals surface area contributed by atoms with Crippen molar-refractivity contribution < 1.29 is 14.3 Å². The molecule has 0 spiro atoms. The van der Waals surface area contributed by atoms with Crippen LogP contribution in [0.15, 0.2) is 54.5 Å². The number of allylic oxidation sites excluding steroid dienone is 3. The Bertz CT molecular complexity index is 1360. The van der Waals surface area contributed by atoms with E-state index < -0.39 is 0 Å². The monoisotopic (exact) mass is 515 g/mol. The summed E-state index contributed by atoms with van der Waals surface area (Å²) in [7, 11) is 3.33. The van der Waals surface area contributed by atoms with Crippen molar-refractivity contribution in [2.45, 2.75) is 54.4 Å². The molecule has 2 aromatic heterocycles. The maximum atomic E-state index is 13.4. The minimum absolute atomic E-state index is 0.124. The third-order valence-corrected chi connectivity index (χ3v) is 5.75. The van der Waals surface area contributed by atoms with E-state index >= 15 is 0 Å². The summed E-state index contributed by atoms with van der Waals surface area (Å²) in [5.74, 6) is 0.467. The third kappa shape index (κ3) is 7.32. The van der Waals surface area contributed by atoms with Crippen LogP contribution < -0.4 is 14.8 Å². The Morgan fingerprint density at radius 2 is 1.87 bits per heavy atom. The van der Waals surface area contributed by atoms with Crippen molar-refractivity contribution in [1.29, 1.82) is 5.26 Å². The summed E-state index contributed by atoms with van der Waals surface area (Å²) in [6.07, 6.45) is 11.7. The molecule has 0 unspecified atom stereocenters. The number of hydrogen-bond donors (Lipinski definition) is 1. The molecule has 2 heterocycles. The predicted molar refractivity (Wildman–Crippen MR) is 150 cm³/mol. The van der Waals surface area contributed by atoms with Gasteiger partial charge in [0.2, 0.25) is 5.88 Å². The lowest BCUT2D eigenvalue weighted by molar-refractivity contribution is 0.0963. The zero-order valence-corrected chi connectivity index (χ0v) is 23.5. The molecule has 0 aliphatic heterocycles. The van der Waals surface area contributed by atoms with Crippen molar-refractivity contribution in [3.8, 4) is 34.6 Å². The van der Waals surface area contributed by atoms with Crippen LogP contribution in [0, 0.1) is 25.2 Å². The smallest absolute Gasteiger partial charge is 0.261 e. The third-order valence-electron chi connectivity index (χ3n) is 5.75. The number of hydrogen-bond acceptors (Lipinski definition) is 6.